The van der Waals surface area contributed by atoms with E-state index in [2.05, 4.69) is 0 Å². The zero-order valence-electron chi connectivity index (χ0n) is 19.9. The molecule has 1 atom stereocenters. The Hall–Kier alpha value is -4.64. The van der Waals surface area contributed by atoms with Crippen LogP contribution in [-0.4, -0.2) is 28.7 Å². The summed E-state index contributed by atoms with van der Waals surface area (Å²) in [5.41, 5.74) is 1.47. The predicted octanol–water partition coefficient (Wildman–Crippen LogP) is 5.56. The van der Waals surface area contributed by atoms with Crippen LogP contribution < -0.4 is 4.90 Å². The van der Waals surface area contributed by atoms with Crippen LogP contribution in [0.1, 0.15) is 16.7 Å². The molecule has 5 heteroatoms. The Balaban J connectivity index is 1.86. The molecule has 1 saturated heterocycles. The van der Waals surface area contributed by atoms with Gasteiger partial charge in [-0.1, -0.05) is 109 Å². The van der Waals surface area contributed by atoms with Crippen LogP contribution in [0.5, 0.6) is 0 Å². The van der Waals surface area contributed by atoms with E-state index in [9.17, 15) is 14.7 Å². The Kier molecular flexibility index (Phi) is 6.13. The van der Waals surface area contributed by atoms with E-state index in [1.54, 1.807) is 29.2 Å². The van der Waals surface area contributed by atoms with E-state index in [1.807, 2.05) is 109 Å². The number of carbonyl (C=O) groups is 2. The standard InChI is InChI=1S/C31H26N2O3/c1-32(26-20-12-5-13-21-26)31(25-18-10-4-11-19-25)27(28(34)24-16-8-3-9-17-24)29(35)30(36)33(31)22-23-14-6-2-7-15-23/h2-21,34H,22H2,1H3/b28-27+. The zero-order chi connectivity index (χ0) is 25.1. The number of hydrogen-bond donors (Lipinski definition) is 1. The molecule has 0 saturated carbocycles. The fraction of sp³-hybridized carbons (Fsp3) is 0.0968. The van der Waals surface area contributed by atoms with Crippen LogP contribution in [0.3, 0.4) is 0 Å². The van der Waals surface area contributed by atoms with Crippen molar-refractivity contribution in [1.29, 1.82) is 0 Å². The molecule has 0 bridgehead atoms. The second-order valence-corrected chi connectivity index (χ2v) is 8.73. The Labute approximate surface area is 210 Å². The average Bonchev–Trinajstić information content (AvgIpc) is 3.16. The third kappa shape index (κ3) is 3.75. The van der Waals surface area contributed by atoms with Crippen molar-refractivity contribution < 1.29 is 14.7 Å². The molecule has 1 heterocycles. The van der Waals surface area contributed by atoms with E-state index in [-0.39, 0.29) is 17.9 Å². The third-order valence-electron chi connectivity index (χ3n) is 6.68. The van der Waals surface area contributed by atoms with Crippen LogP contribution in [0.2, 0.25) is 0 Å². The second-order valence-electron chi connectivity index (χ2n) is 8.73. The minimum Gasteiger partial charge on any atom is -0.507 e. The minimum atomic E-state index is -1.40. The molecule has 1 unspecified atom stereocenters. The van der Waals surface area contributed by atoms with Crippen molar-refractivity contribution in [2.75, 3.05) is 11.9 Å². The van der Waals surface area contributed by atoms with Crippen LogP contribution >= 0.6 is 0 Å². The molecule has 0 radical (unpaired) electrons. The molecule has 36 heavy (non-hydrogen) atoms. The van der Waals surface area contributed by atoms with Gasteiger partial charge in [0.1, 0.15) is 5.76 Å². The van der Waals surface area contributed by atoms with Gasteiger partial charge in [0.05, 0.1) is 5.57 Å². The van der Waals surface area contributed by atoms with E-state index in [0.717, 1.165) is 11.3 Å². The maximum atomic E-state index is 13.8. The lowest BCUT2D eigenvalue weighted by atomic mass is 9.86. The molecular formula is C31H26N2O3. The number of anilines is 1. The highest BCUT2D eigenvalue weighted by Gasteiger charge is 2.60. The highest BCUT2D eigenvalue weighted by atomic mass is 16.3. The molecular weight excluding hydrogens is 448 g/mol. The van der Waals surface area contributed by atoms with Gasteiger partial charge in [-0.3, -0.25) is 14.5 Å². The Morgan fingerprint density at radius 3 is 1.83 bits per heavy atom. The fourth-order valence-corrected chi connectivity index (χ4v) is 4.99. The molecule has 1 aliphatic heterocycles. The van der Waals surface area contributed by atoms with Gasteiger partial charge in [-0.15, -0.1) is 0 Å². The summed E-state index contributed by atoms with van der Waals surface area (Å²) in [6, 6.07) is 37.5. The van der Waals surface area contributed by atoms with Crippen molar-refractivity contribution in [2.45, 2.75) is 12.2 Å². The van der Waals surface area contributed by atoms with Crippen molar-refractivity contribution in [2.24, 2.45) is 0 Å². The van der Waals surface area contributed by atoms with Crippen LogP contribution in [0.15, 0.2) is 127 Å². The number of benzene rings is 4. The van der Waals surface area contributed by atoms with Crippen LogP contribution in [0.25, 0.3) is 5.76 Å². The van der Waals surface area contributed by atoms with Crippen molar-refractivity contribution in [3.05, 3.63) is 144 Å². The molecule has 0 aliphatic carbocycles. The van der Waals surface area contributed by atoms with Gasteiger partial charge in [-0.05, 0) is 17.7 Å². The molecule has 1 aliphatic rings. The molecule has 5 nitrogen and oxygen atoms in total. The molecule has 1 amide bonds. The second kappa shape index (κ2) is 9.55. The predicted molar refractivity (Wildman–Crippen MR) is 141 cm³/mol. The Morgan fingerprint density at radius 1 is 0.750 bits per heavy atom. The number of rotatable bonds is 6. The summed E-state index contributed by atoms with van der Waals surface area (Å²) in [7, 11) is 1.85. The molecule has 0 spiro atoms. The maximum absolute atomic E-state index is 13.8. The molecule has 5 rings (SSSR count). The lowest BCUT2D eigenvalue weighted by molar-refractivity contribution is -0.141. The first-order chi connectivity index (χ1) is 17.5. The number of likely N-dealkylation sites (N-methyl/N-ethyl adjacent to an activating group) is 1. The van der Waals surface area contributed by atoms with Gasteiger partial charge in [0.2, 0.25) is 0 Å². The number of aliphatic hydroxyl groups is 1. The van der Waals surface area contributed by atoms with E-state index in [1.165, 1.54) is 0 Å². The van der Waals surface area contributed by atoms with Gasteiger partial charge in [0.25, 0.3) is 11.7 Å². The van der Waals surface area contributed by atoms with Crippen LogP contribution in [0.4, 0.5) is 5.69 Å². The maximum Gasteiger partial charge on any atom is 0.297 e. The van der Waals surface area contributed by atoms with E-state index in [0.29, 0.717) is 11.1 Å². The third-order valence-corrected chi connectivity index (χ3v) is 6.68. The number of hydrogen-bond acceptors (Lipinski definition) is 4. The average molecular weight is 475 g/mol. The number of nitrogens with zero attached hydrogens (tertiary/aromatic N) is 2. The molecule has 4 aromatic carbocycles. The SMILES string of the molecule is CN(c1ccccc1)C1(c2ccccc2)/C(=C(/O)c2ccccc2)C(=O)C(=O)N1Cc1ccccc1. The zero-order valence-corrected chi connectivity index (χ0v) is 19.9. The number of amides is 1. The van der Waals surface area contributed by atoms with Gasteiger partial charge >= 0.3 is 0 Å². The normalized spacial score (nSPS) is 18.9. The smallest absolute Gasteiger partial charge is 0.297 e. The molecule has 178 valence electrons. The van der Waals surface area contributed by atoms with Gasteiger partial charge in [0, 0.05) is 30.4 Å². The van der Waals surface area contributed by atoms with Gasteiger partial charge in [0.15, 0.2) is 5.66 Å². The largest absolute Gasteiger partial charge is 0.507 e. The molecule has 0 aromatic heterocycles. The summed E-state index contributed by atoms with van der Waals surface area (Å²) < 4.78 is 0. The highest BCUT2D eigenvalue weighted by molar-refractivity contribution is 6.47. The quantitative estimate of drug-likeness (QED) is 0.226. The van der Waals surface area contributed by atoms with Crippen molar-refractivity contribution in [3.63, 3.8) is 0 Å². The number of ketones is 1. The van der Waals surface area contributed by atoms with Gasteiger partial charge in [-0.25, -0.2) is 0 Å². The first kappa shape index (κ1) is 23.1. The first-order valence-corrected chi connectivity index (χ1v) is 11.8. The minimum absolute atomic E-state index is 0.0344. The van der Waals surface area contributed by atoms with Crippen molar-refractivity contribution >= 4 is 23.1 Å². The number of aliphatic hydroxyl groups excluding tert-OH is 1. The van der Waals surface area contributed by atoms with Gasteiger partial charge < -0.3 is 10.0 Å². The monoisotopic (exact) mass is 474 g/mol. The summed E-state index contributed by atoms with van der Waals surface area (Å²) in [5.74, 6) is -1.60. The molecule has 1 N–H and O–H groups in total. The van der Waals surface area contributed by atoms with Gasteiger partial charge in [-0.2, -0.15) is 0 Å². The summed E-state index contributed by atoms with van der Waals surface area (Å²) >= 11 is 0. The van der Waals surface area contributed by atoms with Crippen molar-refractivity contribution in [3.8, 4) is 0 Å². The fourth-order valence-electron chi connectivity index (χ4n) is 4.99. The number of likely N-dealkylation sites (tertiary alicyclic amines) is 1. The summed E-state index contributed by atoms with van der Waals surface area (Å²) in [4.78, 5) is 31.1. The Morgan fingerprint density at radius 2 is 1.25 bits per heavy atom. The lowest BCUT2D eigenvalue weighted by Crippen LogP contribution is -2.55. The number of Topliss-reactive ketones (excluding diaryl/α,β-unsaturated/α-hetero) is 1. The topological polar surface area (TPSA) is 60.9 Å². The number of para-hydroxylation sites is 1. The van der Waals surface area contributed by atoms with E-state index < -0.39 is 17.4 Å². The molecule has 1 fully saturated rings. The summed E-state index contributed by atoms with van der Waals surface area (Å²) in [6.07, 6.45) is 0. The summed E-state index contributed by atoms with van der Waals surface area (Å²) in [5, 5.41) is 11.6. The first-order valence-electron chi connectivity index (χ1n) is 11.8. The highest BCUT2D eigenvalue weighted by Crippen LogP contribution is 2.49. The van der Waals surface area contributed by atoms with Crippen molar-refractivity contribution in [1.82, 2.24) is 4.90 Å². The summed E-state index contributed by atoms with van der Waals surface area (Å²) in [6.45, 7) is 0.184. The Bertz CT molecular complexity index is 1400. The number of carbonyl (C=O) groups excluding carboxylic acids is 2. The van der Waals surface area contributed by atoms with E-state index >= 15 is 0 Å². The molecule has 4 aromatic rings. The lowest BCUT2D eigenvalue weighted by Gasteiger charge is -2.47. The van der Waals surface area contributed by atoms with Crippen LogP contribution in [-0.2, 0) is 21.8 Å². The van der Waals surface area contributed by atoms with E-state index in [4.69, 9.17) is 0 Å². The van der Waals surface area contributed by atoms with Crippen LogP contribution in [0, 0.1) is 0 Å².